The number of halogens is 1. The number of benzene rings is 1. The van der Waals surface area contributed by atoms with Crippen LogP contribution in [0.3, 0.4) is 0 Å². The van der Waals surface area contributed by atoms with Gasteiger partial charge in [0.25, 0.3) is 5.91 Å². The summed E-state index contributed by atoms with van der Waals surface area (Å²) in [5.74, 6) is 0.798. The van der Waals surface area contributed by atoms with Crippen LogP contribution in [0, 0.1) is 19.8 Å². The first kappa shape index (κ1) is 14.0. The number of carbonyl (C=O) groups excluding carboxylic acids is 1. The van der Waals surface area contributed by atoms with E-state index in [4.69, 9.17) is 11.6 Å². The molecule has 94 valence electrons. The van der Waals surface area contributed by atoms with Crippen LogP contribution in [0.15, 0.2) is 18.2 Å². The van der Waals surface area contributed by atoms with Gasteiger partial charge in [0.1, 0.15) is 0 Å². The SMILES string of the molecule is Cc1ccc(C(=O)NC(C)C(C)CCl)c(C)c1. The summed E-state index contributed by atoms with van der Waals surface area (Å²) < 4.78 is 0. The molecule has 0 aliphatic carbocycles. The summed E-state index contributed by atoms with van der Waals surface area (Å²) in [7, 11) is 0. The van der Waals surface area contributed by atoms with E-state index in [2.05, 4.69) is 5.32 Å². The largest absolute Gasteiger partial charge is 0.349 e. The van der Waals surface area contributed by atoms with Crippen molar-refractivity contribution in [2.45, 2.75) is 33.7 Å². The lowest BCUT2D eigenvalue weighted by Gasteiger charge is -2.19. The summed E-state index contributed by atoms with van der Waals surface area (Å²) in [5.41, 5.74) is 2.92. The van der Waals surface area contributed by atoms with Crippen molar-refractivity contribution in [3.05, 3.63) is 34.9 Å². The molecule has 0 saturated carbocycles. The van der Waals surface area contributed by atoms with Gasteiger partial charge < -0.3 is 5.32 Å². The second-order valence-corrected chi connectivity index (χ2v) is 5.02. The molecule has 0 spiro atoms. The number of nitrogens with one attached hydrogen (secondary N) is 1. The second-order valence-electron chi connectivity index (χ2n) is 4.71. The molecule has 0 aliphatic heterocycles. The van der Waals surface area contributed by atoms with E-state index in [0.717, 1.165) is 11.1 Å². The lowest BCUT2D eigenvalue weighted by Crippen LogP contribution is -2.38. The van der Waals surface area contributed by atoms with Crippen molar-refractivity contribution in [1.29, 1.82) is 0 Å². The number of hydrogen-bond acceptors (Lipinski definition) is 1. The first-order valence-electron chi connectivity index (χ1n) is 5.89. The number of rotatable bonds is 4. The summed E-state index contributed by atoms with van der Waals surface area (Å²) in [4.78, 5) is 12.1. The van der Waals surface area contributed by atoms with Crippen molar-refractivity contribution < 1.29 is 4.79 Å². The molecule has 17 heavy (non-hydrogen) atoms. The van der Waals surface area contributed by atoms with Crippen molar-refractivity contribution in [2.75, 3.05) is 5.88 Å². The summed E-state index contributed by atoms with van der Waals surface area (Å²) in [6, 6.07) is 5.93. The topological polar surface area (TPSA) is 29.1 Å². The Bertz CT molecular complexity index is 403. The normalized spacial score (nSPS) is 14.2. The fraction of sp³-hybridized carbons (Fsp3) is 0.500. The van der Waals surface area contributed by atoms with E-state index in [0.29, 0.717) is 5.88 Å². The Morgan fingerprint density at radius 2 is 2.00 bits per heavy atom. The molecular formula is C14H20ClNO. The molecule has 1 N–H and O–H groups in total. The maximum absolute atomic E-state index is 12.1. The highest BCUT2D eigenvalue weighted by atomic mass is 35.5. The van der Waals surface area contributed by atoms with Crippen LogP contribution in [0.1, 0.15) is 35.3 Å². The van der Waals surface area contributed by atoms with E-state index < -0.39 is 0 Å². The lowest BCUT2D eigenvalue weighted by molar-refractivity contribution is 0.0930. The Kier molecular flexibility index (Phi) is 5.01. The van der Waals surface area contributed by atoms with Gasteiger partial charge in [0, 0.05) is 17.5 Å². The maximum atomic E-state index is 12.1. The number of amides is 1. The van der Waals surface area contributed by atoms with Crippen LogP contribution in [0.25, 0.3) is 0 Å². The first-order chi connectivity index (χ1) is 7.95. The maximum Gasteiger partial charge on any atom is 0.251 e. The highest BCUT2D eigenvalue weighted by Gasteiger charge is 2.16. The monoisotopic (exact) mass is 253 g/mol. The number of aryl methyl sites for hydroxylation is 2. The lowest BCUT2D eigenvalue weighted by atomic mass is 10.0. The smallest absolute Gasteiger partial charge is 0.251 e. The first-order valence-corrected chi connectivity index (χ1v) is 6.43. The van der Waals surface area contributed by atoms with Crippen LogP contribution in [0.5, 0.6) is 0 Å². The van der Waals surface area contributed by atoms with Crippen molar-refractivity contribution in [1.82, 2.24) is 5.32 Å². The minimum Gasteiger partial charge on any atom is -0.349 e. The molecule has 0 bridgehead atoms. The zero-order chi connectivity index (χ0) is 13.0. The van der Waals surface area contributed by atoms with Crippen LogP contribution in [-0.4, -0.2) is 17.8 Å². The number of alkyl halides is 1. The molecule has 1 aromatic carbocycles. The Morgan fingerprint density at radius 1 is 1.35 bits per heavy atom. The van der Waals surface area contributed by atoms with Gasteiger partial charge in [-0.25, -0.2) is 0 Å². The fourth-order valence-electron chi connectivity index (χ4n) is 1.63. The number of hydrogen-bond donors (Lipinski definition) is 1. The van der Waals surface area contributed by atoms with E-state index in [9.17, 15) is 4.79 Å². The van der Waals surface area contributed by atoms with Crippen LogP contribution in [0.4, 0.5) is 0 Å². The average Bonchev–Trinajstić information content (AvgIpc) is 2.27. The summed E-state index contributed by atoms with van der Waals surface area (Å²) in [5, 5.41) is 2.98. The molecule has 3 heteroatoms. The van der Waals surface area contributed by atoms with Crippen molar-refractivity contribution in [3.63, 3.8) is 0 Å². The standard InChI is InChI=1S/C14H20ClNO/c1-9-5-6-13(10(2)7-9)14(17)16-12(4)11(3)8-15/h5-7,11-12H,8H2,1-4H3,(H,16,17). The van der Waals surface area contributed by atoms with Crippen molar-refractivity contribution in [3.8, 4) is 0 Å². The van der Waals surface area contributed by atoms with Gasteiger partial charge in [-0.1, -0.05) is 24.6 Å². The van der Waals surface area contributed by atoms with Crippen LogP contribution in [-0.2, 0) is 0 Å². The van der Waals surface area contributed by atoms with E-state index in [1.54, 1.807) is 0 Å². The zero-order valence-electron chi connectivity index (χ0n) is 10.9. The minimum atomic E-state index is -0.0213. The molecule has 1 amide bonds. The molecule has 1 aromatic rings. The van der Waals surface area contributed by atoms with Crippen LogP contribution < -0.4 is 5.32 Å². The second kappa shape index (κ2) is 6.06. The Balaban J connectivity index is 2.76. The van der Waals surface area contributed by atoms with Gasteiger partial charge >= 0.3 is 0 Å². The quantitative estimate of drug-likeness (QED) is 0.820. The Morgan fingerprint density at radius 3 is 2.53 bits per heavy atom. The molecule has 2 unspecified atom stereocenters. The molecule has 1 rings (SSSR count). The molecule has 0 aliphatic rings. The Hall–Kier alpha value is -1.02. The molecule has 2 atom stereocenters. The predicted octanol–water partition coefficient (Wildman–Crippen LogP) is 3.30. The van der Waals surface area contributed by atoms with Gasteiger partial charge in [0.05, 0.1) is 0 Å². The van der Waals surface area contributed by atoms with Crippen LogP contribution in [0.2, 0.25) is 0 Å². The molecule has 0 fully saturated rings. The third kappa shape index (κ3) is 3.74. The van der Waals surface area contributed by atoms with Gasteiger partial charge in [0.15, 0.2) is 0 Å². The zero-order valence-corrected chi connectivity index (χ0v) is 11.6. The van der Waals surface area contributed by atoms with Gasteiger partial charge in [-0.3, -0.25) is 4.79 Å². The van der Waals surface area contributed by atoms with Gasteiger partial charge in [-0.05, 0) is 38.3 Å². The molecule has 0 aromatic heterocycles. The molecule has 0 saturated heterocycles. The highest BCUT2D eigenvalue weighted by molar-refractivity contribution is 6.18. The molecular weight excluding hydrogens is 234 g/mol. The minimum absolute atomic E-state index is 0.0213. The summed E-state index contributed by atoms with van der Waals surface area (Å²) in [6.07, 6.45) is 0. The Labute approximate surface area is 108 Å². The molecule has 0 radical (unpaired) electrons. The average molecular weight is 254 g/mol. The van der Waals surface area contributed by atoms with E-state index in [-0.39, 0.29) is 17.9 Å². The predicted molar refractivity (Wildman–Crippen MR) is 72.7 cm³/mol. The van der Waals surface area contributed by atoms with Gasteiger partial charge in [-0.15, -0.1) is 11.6 Å². The van der Waals surface area contributed by atoms with Crippen LogP contribution >= 0.6 is 11.6 Å². The van der Waals surface area contributed by atoms with Crippen molar-refractivity contribution in [2.24, 2.45) is 5.92 Å². The highest BCUT2D eigenvalue weighted by Crippen LogP contribution is 2.12. The third-order valence-electron chi connectivity index (χ3n) is 3.08. The summed E-state index contributed by atoms with van der Waals surface area (Å²) >= 11 is 5.78. The molecule has 0 heterocycles. The number of carbonyl (C=O) groups is 1. The van der Waals surface area contributed by atoms with Gasteiger partial charge in [0.2, 0.25) is 0 Å². The van der Waals surface area contributed by atoms with E-state index in [1.807, 2.05) is 45.9 Å². The third-order valence-corrected chi connectivity index (χ3v) is 3.57. The molecule has 2 nitrogen and oxygen atoms in total. The summed E-state index contributed by atoms with van der Waals surface area (Å²) in [6.45, 7) is 7.98. The van der Waals surface area contributed by atoms with E-state index >= 15 is 0 Å². The fourth-order valence-corrected chi connectivity index (χ4v) is 1.90. The van der Waals surface area contributed by atoms with Crippen molar-refractivity contribution >= 4 is 17.5 Å². The van der Waals surface area contributed by atoms with Gasteiger partial charge in [-0.2, -0.15) is 0 Å². The van der Waals surface area contributed by atoms with E-state index in [1.165, 1.54) is 5.56 Å².